The third-order valence-electron chi connectivity index (χ3n) is 4.28. The Morgan fingerprint density at radius 3 is 2.71 bits per heavy atom. The predicted octanol–water partition coefficient (Wildman–Crippen LogP) is 4.03. The number of hydrogen-bond acceptors (Lipinski definition) is 0. The molecule has 2 saturated carbocycles. The average molecular weight is 207 g/mol. The molecule has 2 fully saturated rings. The first kappa shape index (κ1) is 8.79. The Balaban J connectivity index is 2.02. The van der Waals surface area contributed by atoms with Crippen molar-refractivity contribution in [1.82, 2.24) is 0 Å². The van der Waals surface area contributed by atoms with E-state index in [1.165, 1.54) is 24.8 Å². The molecule has 1 unspecified atom stereocenters. The van der Waals surface area contributed by atoms with Crippen molar-refractivity contribution in [3.63, 3.8) is 0 Å². The lowest BCUT2D eigenvalue weighted by Gasteiger charge is -2.13. The van der Waals surface area contributed by atoms with Crippen LogP contribution in [0.4, 0.5) is 0 Å². The summed E-state index contributed by atoms with van der Waals surface area (Å²) in [7, 11) is 0. The van der Waals surface area contributed by atoms with E-state index in [4.69, 9.17) is 11.6 Å². The van der Waals surface area contributed by atoms with Crippen molar-refractivity contribution in [1.29, 1.82) is 0 Å². The first-order valence-corrected chi connectivity index (χ1v) is 5.87. The fraction of sp³-hybridized carbons (Fsp3) is 0.538. The van der Waals surface area contributed by atoms with Crippen molar-refractivity contribution in [2.45, 2.75) is 31.6 Å². The molecule has 2 aliphatic rings. The van der Waals surface area contributed by atoms with Crippen molar-refractivity contribution >= 4 is 11.6 Å². The second-order valence-electron chi connectivity index (χ2n) is 4.96. The molecule has 74 valence electrons. The van der Waals surface area contributed by atoms with Crippen LogP contribution >= 0.6 is 11.6 Å². The van der Waals surface area contributed by atoms with Crippen molar-refractivity contribution in [2.75, 3.05) is 0 Å². The lowest BCUT2D eigenvalue weighted by molar-refractivity contribution is 0.530. The second kappa shape index (κ2) is 2.76. The van der Waals surface area contributed by atoms with Gasteiger partial charge in [0.2, 0.25) is 0 Å². The first-order valence-electron chi connectivity index (χ1n) is 5.49. The van der Waals surface area contributed by atoms with E-state index in [-0.39, 0.29) is 0 Å². The molecular formula is C13H15Cl. The molecule has 0 heterocycles. The van der Waals surface area contributed by atoms with Gasteiger partial charge in [-0.2, -0.15) is 0 Å². The summed E-state index contributed by atoms with van der Waals surface area (Å²) >= 11 is 6.27. The molecule has 0 spiro atoms. The van der Waals surface area contributed by atoms with Crippen LogP contribution in [-0.2, 0) is 5.41 Å². The van der Waals surface area contributed by atoms with Gasteiger partial charge in [0.15, 0.2) is 0 Å². The van der Waals surface area contributed by atoms with E-state index in [1.807, 2.05) is 12.1 Å². The zero-order chi connectivity index (χ0) is 9.76. The molecule has 2 aliphatic carbocycles. The summed E-state index contributed by atoms with van der Waals surface area (Å²) in [4.78, 5) is 0. The fourth-order valence-electron chi connectivity index (χ4n) is 3.36. The van der Waals surface area contributed by atoms with E-state index in [1.54, 1.807) is 0 Å². The highest BCUT2D eigenvalue weighted by Gasteiger charge is 2.61. The average Bonchev–Trinajstić information content (AvgIpc) is 2.84. The van der Waals surface area contributed by atoms with Crippen molar-refractivity contribution < 1.29 is 0 Å². The van der Waals surface area contributed by atoms with E-state index < -0.39 is 0 Å². The Bertz CT molecular complexity index is 371. The Hall–Kier alpha value is -0.490. The summed E-state index contributed by atoms with van der Waals surface area (Å²) < 4.78 is 0. The van der Waals surface area contributed by atoms with Crippen molar-refractivity contribution in [3.8, 4) is 0 Å². The van der Waals surface area contributed by atoms with Gasteiger partial charge < -0.3 is 0 Å². The van der Waals surface area contributed by atoms with Gasteiger partial charge in [0.05, 0.1) is 0 Å². The molecule has 0 nitrogen and oxygen atoms in total. The van der Waals surface area contributed by atoms with Gasteiger partial charge >= 0.3 is 0 Å². The standard InChI is InChI=1S/C13H15Cl/c1-9-6-7-13(8-11(9)13)10-4-2-3-5-12(10)14/h2-5,9,11H,6-8H2,1H3/t9-,11?,13-/m1/s1. The Kier molecular flexibility index (Phi) is 1.73. The molecule has 0 aromatic heterocycles. The van der Waals surface area contributed by atoms with Crippen LogP contribution in [0.15, 0.2) is 24.3 Å². The molecule has 1 heteroatoms. The smallest absolute Gasteiger partial charge is 0.0443 e. The van der Waals surface area contributed by atoms with Gasteiger partial charge in [0, 0.05) is 10.4 Å². The Morgan fingerprint density at radius 1 is 1.36 bits per heavy atom. The summed E-state index contributed by atoms with van der Waals surface area (Å²) in [5.41, 5.74) is 1.90. The van der Waals surface area contributed by atoms with Crippen molar-refractivity contribution in [2.24, 2.45) is 11.8 Å². The molecule has 1 aromatic carbocycles. The number of benzene rings is 1. The molecular weight excluding hydrogens is 192 g/mol. The van der Waals surface area contributed by atoms with Crippen LogP contribution < -0.4 is 0 Å². The molecule has 0 bridgehead atoms. The van der Waals surface area contributed by atoms with Gasteiger partial charge in [-0.1, -0.05) is 36.7 Å². The van der Waals surface area contributed by atoms with Crippen molar-refractivity contribution in [3.05, 3.63) is 34.9 Å². The molecule has 0 aliphatic heterocycles. The number of fused-ring (bicyclic) bond motifs is 1. The predicted molar refractivity (Wildman–Crippen MR) is 59.6 cm³/mol. The van der Waals surface area contributed by atoms with Gasteiger partial charge in [-0.05, 0) is 42.7 Å². The first-order chi connectivity index (χ1) is 6.74. The number of halogens is 1. The maximum Gasteiger partial charge on any atom is 0.0443 e. The van der Waals surface area contributed by atoms with E-state index in [0.717, 1.165) is 16.9 Å². The quantitative estimate of drug-likeness (QED) is 0.651. The van der Waals surface area contributed by atoms with E-state index in [9.17, 15) is 0 Å². The zero-order valence-corrected chi connectivity index (χ0v) is 9.22. The summed E-state index contributed by atoms with van der Waals surface area (Å²) in [5.74, 6) is 1.83. The Labute approximate surface area is 90.3 Å². The summed E-state index contributed by atoms with van der Waals surface area (Å²) in [6.07, 6.45) is 4.11. The minimum Gasteiger partial charge on any atom is -0.0840 e. The summed E-state index contributed by atoms with van der Waals surface area (Å²) in [6.45, 7) is 2.39. The maximum atomic E-state index is 6.27. The van der Waals surface area contributed by atoms with Gasteiger partial charge in [-0.15, -0.1) is 0 Å². The number of rotatable bonds is 1. The van der Waals surface area contributed by atoms with E-state index >= 15 is 0 Å². The van der Waals surface area contributed by atoms with Crippen LogP contribution in [0.5, 0.6) is 0 Å². The fourth-order valence-corrected chi connectivity index (χ4v) is 3.69. The highest BCUT2D eigenvalue weighted by molar-refractivity contribution is 6.31. The summed E-state index contributed by atoms with van der Waals surface area (Å²) in [6, 6.07) is 8.40. The molecule has 3 atom stereocenters. The summed E-state index contributed by atoms with van der Waals surface area (Å²) in [5, 5.41) is 0.976. The van der Waals surface area contributed by atoms with E-state index in [2.05, 4.69) is 19.1 Å². The lowest BCUT2D eigenvalue weighted by atomic mass is 9.93. The van der Waals surface area contributed by atoms with Crippen LogP contribution in [0.25, 0.3) is 0 Å². The van der Waals surface area contributed by atoms with Crippen LogP contribution in [0.3, 0.4) is 0 Å². The van der Waals surface area contributed by atoms with Gasteiger partial charge in [0.25, 0.3) is 0 Å². The zero-order valence-electron chi connectivity index (χ0n) is 8.46. The topological polar surface area (TPSA) is 0 Å². The highest BCUT2D eigenvalue weighted by atomic mass is 35.5. The van der Waals surface area contributed by atoms with Gasteiger partial charge in [-0.25, -0.2) is 0 Å². The van der Waals surface area contributed by atoms with Crippen LogP contribution in [0, 0.1) is 11.8 Å². The molecule has 3 rings (SSSR count). The monoisotopic (exact) mass is 206 g/mol. The van der Waals surface area contributed by atoms with Crippen LogP contribution in [-0.4, -0.2) is 0 Å². The molecule has 0 amide bonds. The lowest BCUT2D eigenvalue weighted by Crippen LogP contribution is -2.05. The molecule has 14 heavy (non-hydrogen) atoms. The molecule has 0 saturated heterocycles. The van der Waals surface area contributed by atoms with Crippen LogP contribution in [0.1, 0.15) is 31.7 Å². The van der Waals surface area contributed by atoms with Gasteiger partial charge in [-0.3, -0.25) is 0 Å². The minimum absolute atomic E-state index is 0.484. The largest absolute Gasteiger partial charge is 0.0840 e. The second-order valence-corrected chi connectivity index (χ2v) is 5.37. The van der Waals surface area contributed by atoms with Gasteiger partial charge in [0.1, 0.15) is 0 Å². The normalized spacial score (nSPS) is 39.6. The van der Waals surface area contributed by atoms with E-state index in [0.29, 0.717) is 5.41 Å². The maximum absolute atomic E-state index is 6.27. The van der Waals surface area contributed by atoms with Crippen LogP contribution in [0.2, 0.25) is 5.02 Å². The Morgan fingerprint density at radius 2 is 2.14 bits per heavy atom. The molecule has 0 N–H and O–H groups in total. The number of hydrogen-bond donors (Lipinski definition) is 0. The SMILES string of the molecule is C[C@@H]1CC[C@]2(c3ccccc3Cl)CC12. The molecule has 0 radical (unpaired) electrons. The minimum atomic E-state index is 0.484. The highest BCUT2D eigenvalue weighted by Crippen LogP contribution is 2.67. The third-order valence-corrected chi connectivity index (χ3v) is 4.61. The third kappa shape index (κ3) is 1.01. The molecule has 1 aromatic rings.